The van der Waals surface area contributed by atoms with Gasteiger partial charge in [-0.1, -0.05) is 6.07 Å². The molecule has 1 N–H and O–H groups in total. The molecule has 0 spiro atoms. The highest BCUT2D eigenvalue weighted by Gasteiger charge is 2.38. The summed E-state index contributed by atoms with van der Waals surface area (Å²) in [5, 5.41) is 1.83. The number of carbonyl (C=O) groups excluding carboxylic acids is 2. The molecule has 1 atom stereocenters. The number of benzene rings is 1. The van der Waals surface area contributed by atoms with Crippen molar-refractivity contribution in [1.29, 1.82) is 0 Å². The number of carbonyl (C=O) groups is 2. The molecule has 0 bridgehead atoms. The molecule has 0 saturated carbocycles. The highest BCUT2D eigenvalue weighted by Crippen LogP contribution is 2.27. The number of rotatable bonds is 3. The summed E-state index contributed by atoms with van der Waals surface area (Å²) < 4.78 is 5.26. The van der Waals surface area contributed by atoms with Crippen LogP contribution >= 0.6 is 0 Å². The van der Waals surface area contributed by atoms with Gasteiger partial charge in [-0.15, -0.1) is 0 Å². The van der Waals surface area contributed by atoms with Crippen LogP contribution in [0.1, 0.15) is 17.5 Å². The fraction of sp³-hybridized carbons (Fsp3) is 0.529. The lowest BCUT2D eigenvalue weighted by Crippen LogP contribution is -2.51. The second kappa shape index (κ2) is 6.68. The van der Waals surface area contributed by atoms with Gasteiger partial charge in [0.25, 0.3) is 0 Å². The number of hydrazine groups is 1. The maximum Gasteiger partial charge on any atom is 0.246 e. The third-order valence-corrected chi connectivity index (χ3v) is 4.32. The van der Waals surface area contributed by atoms with Gasteiger partial charge < -0.3 is 9.64 Å². The lowest BCUT2D eigenvalue weighted by Gasteiger charge is -2.27. The maximum atomic E-state index is 12.6. The van der Waals surface area contributed by atoms with Crippen molar-refractivity contribution in [2.75, 3.05) is 37.7 Å². The van der Waals surface area contributed by atoms with Crippen LogP contribution in [0, 0.1) is 19.8 Å². The molecule has 6 nitrogen and oxygen atoms in total. The summed E-state index contributed by atoms with van der Waals surface area (Å²) in [6.07, 6.45) is 0.558. The van der Waals surface area contributed by atoms with Crippen LogP contribution in [0.2, 0.25) is 0 Å². The Hall–Kier alpha value is -1.92. The molecule has 2 aliphatic rings. The first-order valence-corrected chi connectivity index (χ1v) is 8.07. The quantitative estimate of drug-likeness (QED) is 0.846. The molecule has 2 amide bonds. The summed E-state index contributed by atoms with van der Waals surface area (Å²) in [5.41, 5.74) is 5.98. The van der Waals surface area contributed by atoms with E-state index >= 15 is 0 Å². The largest absolute Gasteiger partial charge is 0.379 e. The average Bonchev–Trinajstić information content (AvgIpc) is 2.89. The van der Waals surface area contributed by atoms with E-state index in [4.69, 9.17) is 4.74 Å². The number of amides is 2. The zero-order valence-electron chi connectivity index (χ0n) is 13.7. The molecule has 2 fully saturated rings. The zero-order chi connectivity index (χ0) is 16.4. The lowest BCUT2D eigenvalue weighted by molar-refractivity contribution is -0.137. The summed E-state index contributed by atoms with van der Waals surface area (Å²) in [7, 11) is 0. The van der Waals surface area contributed by atoms with E-state index in [0.717, 1.165) is 16.8 Å². The molecule has 0 aliphatic carbocycles. The minimum absolute atomic E-state index is 0.110. The van der Waals surface area contributed by atoms with Crippen molar-refractivity contribution in [2.24, 2.45) is 5.92 Å². The van der Waals surface area contributed by atoms with Gasteiger partial charge in [-0.25, -0.2) is 5.01 Å². The van der Waals surface area contributed by atoms with Crippen LogP contribution in [0.25, 0.3) is 0 Å². The summed E-state index contributed by atoms with van der Waals surface area (Å²) in [6.45, 7) is 7.14. The van der Waals surface area contributed by atoms with Crippen LogP contribution in [0.15, 0.2) is 18.2 Å². The number of hydrogen-bond donors (Lipinski definition) is 1. The van der Waals surface area contributed by atoms with Crippen molar-refractivity contribution >= 4 is 17.5 Å². The standard InChI is InChI=1S/C17H23N3O3/c1-12-9-13(2)11-14(10-12)20-4-3-15(17(20)22)16(21)18-19-5-7-23-8-6-19/h9-11,15H,3-8H2,1-2H3,(H,18,21). The molecule has 1 aromatic carbocycles. The topological polar surface area (TPSA) is 61.9 Å². The molecule has 2 heterocycles. The Labute approximate surface area is 136 Å². The second-order valence-electron chi connectivity index (χ2n) is 6.25. The summed E-state index contributed by atoms with van der Waals surface area (Å²) in [4.78, 5) is 26.8. The smallest absolute Gasteiger partial charge is 0.246 e. The first kappa shape index (κ1) is 16.0. The first-order chi connectivity index (χ1) is 11.0. The van der Waals surface area contributed by atoms with Gasteiger partial charge in [0.15, 0.2) is 0 Å². The molecule has 0 radical (unpaired) electrons. The van der Waals surface area contributed by atoms with Crippen LogP contribution < -0.4 is 10.3 Å². The van der Waals surface area contributed by atoms with Crippen molar-refractivity contribution in [1.82, 2.24) is 10.4 Å². The predicted octanol–water partition coefficient (Wildman–Crippen LogP) is 1.02. The Morgan fingerprint density at radius 1 is 1.13 bits per heavy atom. The van der Waals surface area contributed by atoms with Gasteiger partial charge in [-0.3, -0.25) is 15.0 Å². The van der Waals surface area contributed by atoms with Gasteiger partial charge in [0.2, 0.25) is 11.8 Å². The lowest BCUT2D eigenvalue weighted by atomic mass is 10.1. The number of nitrogens with zero attached hydrogens (tertiary/aromatic N) is 2. The van der Waals surface area contributed by atoms with Crippen LogP contribution in [0.3, 0.4) is 0 Å². The van der Waals surface area contributed by atoms with Gasteiger partial charge in [-0.2, -0.15) is 0 Å². The Balaban J connectivity index is 1.67. The van der Waals surface area contributed by atoms with Crippen molar-refractivity contribution in [3.05, 3.63) is 29.3 Å². The van der Waals surface area contributed by atoms with Crippen molar-refractivity contribution < 1.29 is 14.3 Å². The van der Waals surface area contributed by atoms with E-state index in [-0.39, 0.29) is 11.8 Å². The number of aryl methyl sites for hydroxylation is 2. The molecule has 0 aromatic heterocycles. The van der Waals surface area contributed by atoms with Gasteiger partial charge >= 0.3 is 0 Å². The van der Waals surface area contributed by atoms with E-state index in [1.807, 2.05) is 31.0 Å². The van der Waals surface area contributed by atoms with Gasteiger partial charge in [-0.05, 0) is 43.5 Å². The molecule has 2 aliphatic heterocycles. The number of anilines is 1. The van der Waals surface area contributed by atoms with E-state index in [2.05, 4.69) is 11.5 Å². The van der Waals surface area contributed by atoms with Crippen LogP contribution in [0.5, 0.6) is 0 Å². The maximum absolute atomic E-state index is 12.6. The number of morpholine rings is 1. The number of hydrogen-bond acceptors (Lipinski definition) is 4. The zero-order valence-corrected chi connectivity index (χ0v) is 13.7. The fourth-order valence-electron chi connectivity index (χ4n) is 3.19. The highest BCUT2D eigenvalue weighted by molar-refractivity contribution is 6.09. The van der Waals surface area contributed by atoms with Gasteiger partial charge in [0, 0.05) is 25.3 Å². The third-order valence-electron chi connectivity index (χ3n) is 4.32. The van der Waals surface area contributed by atoms with Crippen LogP contribution in [-0.4, -0.2) is 49.7 Å². The van der Waals surface area contributed by atoms with Gasteiger partial charge in [0.05, 0.1) is 13.2 Å². The minimum Gasteiger partial charge on any atom is -0.379 e. The Kier molecular flexibility index (Phi) is 4.63. The summed E-state index contributed by atoms with van der Waals surface area (Å²) in [5.74, 6) is -0.914. The summed E-state index contributed by atoms with van der Waals surface area (Å²) >= 11 is 0. The van der Waals surface area contributed by atoms with Crippen molar-refractivity contribution in [3.8, 4) is 0 Å². The van der Waals surface area contributed by atoms with Gasteiger partial charge in [0.1, 0.15) is 5.92 Å². The molecular weight excluding hydrogens is 294 g/mol. The van der Waals surface area contributed by atoms with E-state index in [9.17, 15) is 9.59 Å². The van der Waals surface area contributed by atoms with E-state index < -0.39 is 5.92 Å². The predicted molar refractivity (Wildman–Crippen MR) is 86.9 cm³/mol. The SMILES string of the molecule is Cc1cc(C)cc(N2CCC(C(=O)NN3CCOCC3)C2=O)c1. The van der Waals surface area contributed by atoms with E-state index in [1.54, 1.807) is 4.90 Å². The molecule has 124 valence electrons. The van der Waals surface area contributed by atoms with Crippen molar-refractivity contribution in [3.63, 3.8) is 0 Å². The summed E-state index contributed by atoms with van der Waals surface area (Å²) in [6, 6.07) is 6.06. The molecular formula is C17H23N3O3. The normalized spacial score (nSPS) is 22.4. The highest BCUT2D eigenvalue weighted by atomic mass is 16.5. The number of ether oxygens (including phenoxy) is 1. The molecule has 1 aromatic rings. The monoisotopic (exact) mass is 317 g/mol. The third kappa shape index (κ3) is 3.54. The number of nitrogens with one attached hydrogen (secondary N) is 1. The van der Waals surface area contributed by atoms with E-state index in [0.29, 0.717) is 39.3 Å². The first-order valence-electron chi connectivity index (χ1n) is 8.07. The average molecular weight is 317 g/mol. The Morgan fingerprint density at radius 3 is 2.43 bits per heavy atom. The van der Waals surface area contributed by atoms with Crippen LogP contribution in [0.4, 0.5) is 5.69 Å². The molecule has 2 saturated heterocycles. The van der Waals surface area contributed by atoms with Crippen molar-refractivity contribution in [2.45, 2.75) is 20.3 Å². The van der Waals surface area contributed by atoms with Crippen LogP contribution in [-0.2, 0) is 14.3 Å². The van der Waals surface area contributed by atoms with E-state index in [1.165, 1.54) is 0 Å². The second-order valence-corrected chi connectivity index (χ2v) is 6.25. The molecule has 3 rings (SSSR count). The Bertz CT molecular complexity index is 591. The molecule has 1 unspecified atom stereocenters. The Morgan fingerprint density at radius 2 is 1.78 bits per heavy atom. The molecule has 6 heteroatoms. The fourth-order valence-corrected chi connectivity index (χ4v) is 3.19. The molecule has 23 heavy (non-hydrogen) atoms. The minimum atomic E-state index is -0.598.